The van der Waals surface area contributed by atoms with E-state index in [-0.39, 0.29) is 12.6 Å². The van der Waals surface area contributed by atoms with Crippen LogP contribution < -0.4 is 5.32 Å². The van der Waals surface area contributed by atoms with Crippen LogP contribution in [0, 0.1) is 0 Å². The van der Waals surface area contributed by atoms with E-state index >= 15 is 0 Å². The van der Waals surface area contributed by atoms with Crippen molar-refractivity contribution in [3.05, 3.63) is 45.1 Å². The molecule has 0 aromatic heterocycles. The summed E-state index contributed by atoms with van der Waals surface area (Å²) >= 11 is 12.7. The molecular weight excluding hydrogens is 437 g/mol. The predicted molar refractivity (Wildman–Crippen MR) is 123 cm³/mol. The first-order valence-corrected chi connectivity index (χ1v) is 11.8. The van der Waals surface area contributed by atoms with Crippen molar-refractivity contribution < 1.29 is 14.3 Å². The van der Waals surface area contributed by atoms with Gasteiger partial charge in [0.25, 0.3) is 0 Å². The molecule has 1 heterocycles. The maximum Gasteiger partial charge on any atom is 0.338 e. The summed E-state index contributed by atoms with van der Waals surface area (Å²) in [5.41, 5.74) is 1.66. The SMILES string of the molecule is CCOC(=O)C1=C(CN(C)C2CCCCC2)N(CC)C(=O)NC1c1cccc(Cl)c1Cl. The van der Waals surface area contributed by atoms with E-state index in [1.165, 1.54) is 19.3 Å². The predicted octanol–water partition coefficient (Wildman–Crippen LogP) is 5.16. The highest BCUT2D eigenvalue weighted by molar-refractivity contribution is 6.42. The van der Waals surface area contributed by atoms with Crippen molar-refractivity contribution in [2.45, 2.75) is 58.0 Å². The van der Waals surface area contributed by atoms with Crippen LogP contribution >= 0.6 is 23.2 Å². The molecule has 1 N–H and O–H groups in total. The highest BCUT2D eigenvalue weighted by Crippen LogP contribution is 2.38. The van der Waals surface area contributed by atoms with E-state index < -0.39 is 12.0 Å². The van der Waals surface area contributed by atoms with Crippen molar-refractivity contribution in [1.29, 1.82) is 0 Å². The van der Waals surface area contributed by atoms with Gasteiger partial charge in [0.2, 0.25) is 0 Å². The zero-order chi connectivity index (χ0) is 22.5. The fraction of sp³-hybridized carbons (Fsp3) is 0.565. The quantitative estimate of drug-likeness (QED) is 0.562. The second-order valence-electron chi connectivity index (χ2n) is 8.06. The third kappa shape index (κ3) is 5.18. The van der Waals surface area contributed by atoms with E-state index in [1.807, 2.05) is 6.92 Å². The van der Waals surface area contributed by atoms with Gasteiger partial charge in [-0.05, 0) is 45.4 Å². The van der Waals surface area contributed by atoms with Crippen molar-refractivity contribution in [2.75, 3.05) is 26.7 Å². The van der Waals surface area contributed by atoms with Gasteiger partial charge in [0.05, 0.1) is 28.3 Å². The topological polar surface area (TPSA) is 61.9 Å². The molecule has 1 fully saturated rings. The Morgan fingerprint density at radius 2 is 1.94 bits per heavy atom. The van der Waals surface area contributed by atoms with Crippen LogP contribution in [0.3, 0.4) is 0 Å². The van der Waals surface area contributed by atoms with Crippen LogP contribution in [0.1, 0.15) is 57.6 Å². The molecule has 3 rings (SSSR count). The molecule has 1 atom stereocenters. The number of halogens is 2. The average Bonchev–Trinajstić information content (AvgIpc) is 2.76. The number of esters is 1. The maximum atomic E-state index is 13.2. The fourth-order valence-electron chi connectivity index (χ4n) is 4.52. The first kappa shape index (κ1) is 23.9. The van der Waals surface area contributed by atoms with Gasteiger partial charge in [-0.3, -0.25) is 9.80 Å². The minimum absolute atomic E-state index is 0.240. The molecular formula is C23H31Cl2N3O3. The van der Waals surface area contributed by atoms with Crippen molar-refractivity contribution in [3.8, 4) is 0 Å². The third-order valence-corrected chi connectivity index (χ3v) is 6.97. The van der Waals surface area contributed by atoms with Gasteiger partial charge < -0.3 is 10.1 Å². The maximum absolute atomic E-state index is 13.2. The number of ether oxygens (including phenoxy) is 1. The second kappa shape index (κ2) is 10.7. The molecule has 2 aliphatic rings. The Hall–Kier alpha value is -1.76. The number of likely N-dealkylation sites (N-methyl/N-ethyl adjacent to an activating group) is 2. The van der Waals surface area contributed by atoms with Crippen molar-refractivity contribution in [2.24, 2.45) is 0 Å². The van der Waals surface area contributed by atoms with Crippen LogP contribution in [0.4, 0.5) is 4.79 Å². The van der Waals surface area contributed by atoms with Gasteiger partial charge in [-0.15, -0.1) is 0 Å². The van der Waals surface area contributed by atoms with Crippen molar-refractivity contribution in [1.82, 2.24) is 15.1 Å². The van der Waals surface area contributed by atoms with Gasteiger partial charge in [0, 0.05) is 24.8 Å². The van der Waals surface area contributed by atoms with E-state index in [0.717, 1.165) is 12.8 Å². The Morgan fingerprint density at radius 3 is 2.58 bits per heavy atom. The van der Waals surface area contributed by atoms with Crippen LogP contribution in [-0.2, 0) is 9.53 Å². The Labute approximate surface area is 194 Å². The van der Waals surface area contributed by atoms with Crippen LogP contribution in [-0.4, -0.2) is 54.6 Å². The van der Waals surface area contributed by atoms with Gasteiger partial charge in [0.15, 0.2) is 0 Å². The Bertz CT molecular complexity index is 852. The van der Waals surface area contributed by atoms with Gasteiger partial charge in [-0.25, -0.2) is 9.59 Å². The molecule has 31 heavy (non-hydrogen) atoms. The molecule has 8 heteroatoms. The largest absolute Gasteiger partial charge is 0.463 e. The third-order valence-electron chi connectivity index (χ3n) is 6.14. The molecule has 1 aromatic rings. The lowest BCUT2D eigenvalue weighted by atomic mass is 9.92. The molecule has 6 nitrogen and oxygen atoms in total. The monoisotopic (exact) mass is 467 g/mol. The fourth-order valence-corrected chi connectivity index (χ4v) is 4.94. The number of urea groups is 1. The number of amides is 2. The first-order chi connectivity index (χ1) is 14.9. The second-order valence-corrected chi connectivity index (χ2v) is 8.84. The standard InChI is InChI=1S/C23H31Cl2N3O3/c1-4-28-18(14-27(3)15-10-7-6-8-11-15)19(22(29)31-5-2)21(26-23(28)30)16-12-9-13-17(24)20(16)25/h9,12-13,15,21H,4-8,10-11,14H2,1-3H3,(H,26,30). The minimum Gasteiger partial charge on any atom is -0.463 e. The molecule has 1 saturated carbocycles. The summed E-state index contributed by atoms with van der Waals surface area (Å²) in [7, 11) is 2.06. The molecule has 0 radical (unpaired) electrons. The minimum atomic E-state index is -0.727. The molecule has 2 amide bonds. The number of benzene rings is 1. The van der Waals surface area contributed by atoms with Crippen molar-refractivity contribution >= 4 is 35.2 Å². The molecule has 0 spiro atoms. The first-order valence-electron chi connectivity index (χ1n) is 11.0. The Morgan fingerprint density at radius 1 is 1.23 bits per heavy atom. The normalized spacial score (nSPS) is 20.3. The number of carbonyl (C=O) groups is 2. The van der Waals surface area contributed by atoms with Crippen LogP contribution in [0.15, 0.2) is 29.5 Å². The number of hydrogen-bond acceptors (Lipinski definition) is 4. The summed E-state index contributed by atoms with van der Waals surface area (Å²) in [5.74, 6) is -0.450. The summed E-state index contributed by atoms with van der Waals surface area (Å²) < 4.78 is 5.42. The zero-order valence-corrected chi connectivity index (χ0v) is 19.9. The lowest BCUT2D eigenvalue weighted by Gasteiger charge is -2.39. The van der Waals surface area contributed by atoms with Gasteiger partial charge >= 0.3 is 12.0 Å². The van der Waals surface area contributed by atoms with Gasteiger partial charge in [-0.1, -0.05) is 54.6 Å². The van der Waals surface area contributed by atoms with E-state index in [0.29, 0.717) is 46.0 Å². The summed E-state index contributed by atoms with van der Waals surface area (Å²) in [6, 6.07) is 4.67. The smallest absolute Gasteiger partial charge is 0.338 e. The lowest BCUT2D eigenvalue weighted by molar-refractivity contribution is -0.139. The van der Waals surface area contributed by atoms with E-state index in [1.54, 1.807) is 30.0 Å². The average molecular weight is 468 g/mol. The molecule has 1 unspecified atom stereocenters. The molecule has 170 valence electrons. The molecule has 1 aromatic carbocycles. The molecule has 1 aliphatic carbocycles. The van der Waals surface area contributed by atoms with E-state index in [4.69, 9.17) is 27.9 Å². The number of nitrogens with zero attached hydrogens (tertiary/aromatic N) is 2. The number of nitrogens with one attached hydrogen (secondary N) is 1. The highest BCUT2D eigenvalue weighted by atomic mass is 35.5. The summed E-state index contributed by atoms with van der Waals surface area (Å²) in [6.45, 7) is 4.83. The number of hydrogen-bond donors (Lipinski definition) is 1. The van der Waals surface area contributed by atoms with Gasteiger partial charge in [-0.2, -0.15) is 0 Å². The lowest BCUT2D eigenvalue weighted by Crippen LogP contribution is -2.51. The van der Waals surface area contributed by atoms with E-state index in [2.05, 4.69) is 17.3 Å². The summed E-state index contributed by atoms with van der Waals surface area (Å²) in [5, 5.41) is 3.63. The van der Waals surface area contributed by atoms with Crippen molar-refractivity contribution in [3.63, 3.8) is 0 Å². The Balaban J connectivity index is 2.09. The zero-order valence-electron chi connectivity index (χ0n) is 18.4. The van der Waals surface area contributed by atoms with Crippen LogP contribution in [0.25, 0.3) is 0 Å². The Kier molecular flexibility index (Phi) is 8.25. The summed E-state index contributed by atoms with van der Waals surface area (Å²) in [4.78, 5) is 30.1. The number of rotatable bonds is 7. The molecule has 0 bridgehead atoms. The highest BCUT2D eigenvalue weighted by Gasteiger charge is 2.39. The molecule has 1 aliphatic heterocycles. The summed E-state index contributed by atoms with van der Waals surface area (Å²) in [6.07, 6.45) is 5.93. The molecule has 0 saturated heterocycles. The number of carbonyl (C=O) groups excluding carboxylic acids is 2. The van der Waals surface area contributed by atoms with Gasteiger partial charge in [0.1, 0.15) is 0 Å². The van der Waals surface area contributed by atoms with Crippen LogP contribution in [0.2, 0.25) is 10.0 Å². The van der Waals surface area contributed by atoms with Crippen LogP contribution in [0.5, 0.6) is 0 Å². The van der Waals surface area contributed by atoms with E-state index in [9.17, 15) is 9.59 Å².